The molecule has 3 N–H and O–H groups in total. The second kappa shape index (κ2) is 13.3. The standard InChI is InChI=1S/C19H33N5OS.HI/c1-4-20-19(21-10-9-18(25)23-15(2)3)22-14-16(17-8-7-13-26-17)24-11-5-6-12-24;/h7-8,13,15-16H,4-6,9-12,14H2,1-3H3,(H,23,25)(H2,20,21,22);1H. The molecule has 0 radical (unpaired) electrons. The first-order valence-corrected chi connectivity index (χ1v) is 10.6. The number of nitrogens with zero attached hydrogens (tertiary/aromatic N) is 2. The molecular formula is C19H34IN5OS. The van der Waals surface area contributed by atoms with E-state index in [0.29, 0.717) is 19.0 Å². The molecule has 0 aromatic carbocycles. The highest BCUT2D eigenvalue weighted by Gasteiger charge is 2.24. The summed E-state index contributed by atoms with van der Waals surface area (Å²) in [5.41, 5.74) is 0. The van der Waals surface area contributed by atoms with Gasteiger partial charge in [-0.15, -0.1) is 35.3 Å². The third-order valence-electron chi connectivity index (χ3n) is 4.31. The maximum absolute atomic E-state index is 11.8. The van der Waals surface area contributed by atoms with Crippen molar-refractivity contribution in [3.8, 4) is 0 Å². The Kier molecular flexibility index (Phi) is 11.9. The van der Waals surface area contributed by atoms with Crippen LogP contribution in [0, 0.1) is 0 Å². The van der Waals surface area contributed by atoms with Crippen molar-refractivity contribution in [2.45, 2.75) is 52.1 Å². The van der Waals surface area contributed by atoms with E-state index < -0.39 is 0 Å². The molecule has 1 aromatic heterocycles. The van der Waals surface area contributed by atoms with Crippen LogP contribution in [0.3, 0.4) is 0 Å². The van der Waals surface area contributed by atoms with Gasteiger partial charge in [0.2, 0.25) is 5.91 Å². The van der Waals surface area contributed by atoms with Gasteiger partial charge in [0, 0.05) is 30.4 Å². The zero-order valence-electron chi connectivity index (χ0n) is 16.7. The minimum absolute atomic E-state index is 0. The molecule has 1 fully saturated rings. The Morgan fingerprint density at radius 1 is 1.30 bits per heavy atom. The highest BCUT2D eigenvalue weighted by atomic mass is 127. The second-order valence-corrected chi connectivity index (χ2v) is 7.87. The van der Waals surface area contributed by atoms with Crippen molar-refractivity contribution >= 4 is 47.2 Å². The topological polar surface area (TPSA) is 68.8 Å². The van der Waals surface area contributed by atoms with Gasteiger partial charge < -0.3 is 16.0 Å². The summed E-state index contributed by atoms with van der Waals surface area (Å²) in [6.07, 6.45) is 2.99. The Bertz CT molecular complexity index is 558. The lowest BCUT2D eigenvalue weighted by atomic mass is 10.2. The van der Waals surface area contributed by atoms with Gasteiger partial charge >= 0.3 is 0 Å². The highest BCUT2D eigenvalue weighted by molar-refractivity contribution is 14.0. The molecule has 2 rings (SSSR count). The maximum Gasteiger partial charge on any atom is 0.221 e. The van der Waals surface area contributed by atoms with Crippen molar-refractivity contribution in [1.29, 1.82) is 0 Å². The normalized spacial score (nSPS) is 16.1. The number of rotatable bonds is 9. The van der Waals surface area contributed by atoms with Crippen LogP contribution in [0.15, 0.2) is 22.5 Å². The van der Waals surface area contributed by atoms with E-state index in [2.05, 4.69) is 45.3 Å². The maximum atomic E-state index is 11.8. The van der Waals surface area contributed by atoms with Crippen molar-refractivity contribution in [2.24, 2.45) is 4.99 Å². The molecule has 1 saturated heterocycles. The molecule has 0 aliphatic carbocycles. The first kappa shape index (κ1) is 24.2. The number of nitrogens with one attached hydrogen (secondary N) is 3. The molecule has 0 saturated carbocycles. The largest absolute Gasteiger partial charge is 0.357 e. The minimum Gasteiger partial charge on any atom is -0.357 e. The molecule has 1 aromatic rings. The van der Waals surface area contributed by atoms with Crippen molar-refractivity contribution < 1.29 is 4.79 Å². The number of carbonyl (C=O) groups is 1. The average molecular weight is 507 g/mol. The molecule has 1 aliphatic heterocycles. The minimum atomic E-state index is 0. The number of thiophene rings is 1. The summed E-state index contributed by atoms with van der Waals surface area (Å²) < 4.78 is 0. The first-order valence-electron chi connectivity index (χ1n) is 9.69. The van der Waals surface area contributed by atoms with Crippen molar-refractivity contribution in [1.82, 2.24) is 20.9 Å². The van der Waals surface area contributed by atoms with Gasteiger partial charge in [-0.05, 0) is 58.1 Å². The molecular weight excluding hydrogens is 473 g/mol. The summed E-state index contributed by atoms with van der Waals surface area (Å²) in [5, 5.41) is 11.6. The summed E-state index contributed by atoms with van der Waals surface area (Å²) in [7, 11) is 0. The van der Waals surface area contributed by atoms with Crippen LogP contribution < -0.4 is 16.0 Å². The molecule has 1 aliphatic rings. The summed E-state index contributed by atoms with van der Waals surface area (Å²) in [6, 6.07) is 4.84. The monoisotopic (exact) mass is 507 g/mol. The number of hydrogen-bond acceptors (Lipinski definition) is 4. The predicted molar refractivity (Wildman–Crippen MR) is 125 cm³/mol. The summed E-state index contributed by atoms with van der Waals surface area (Å²) in [4.78, 5) is 20.5. The number of amides is 1. The number of likely N-dealkylation sites (tertiary alicyclic amines) is 1. The summed E-state index contributed by atoms with van der Waals surface area (Å²) >= 11 is 1.81. The third-order valence-corrected chi connectivity index (χ3v) is 5.29. The lowest BCUT2D eigenvalue weighted by Gasteiger charge is -2.25. The van der Waals surface area contributed by atoms with Crippen molar-refractivity contribution in [3.05, 3.63) is 22.4 Å². The van der Waals surface area contributed by atoms with Gasteiger partial charge in [0.25, 0.3) is 0 Å². The van der Waals surface area contributed by atoms with Gasteiger partial charge in [-0.25, -0.2) is 0 Å². The summed E-state index contributed by atoms with van der Waals surface area (Å²) in [6.45, 7) is 10.4. The Labute approximate surface area is 184 Å². The summed E-state index contributed by atoms with van der Waals surface area (Å²) in [5.74, 6) is 0.850. The van der Waals surface area contributed by atoms with E-state index in [-0.39, 0.29) is 35.9 Å². The van der Waals surface area contributed by atoms with E-state index in [1.54, 1.807) is 11.3 Å². The third kappa shape index (κ3) is 8.78. The van der Waals surface area contributed by atoms with Crippen LogP contribution in [0.25, 0.3) is 0 Å². The van der Waals surface area contributed by atoms with Gasteiger partial charge in [-0.2, -0.15) is 0 Å². The average Bonchev–Trinajstić information content (AvgIpc) is 3.28. The number of hydrogen-bond donors (Lipinski definition) is 3. The van der Waals surface area contributed by atoms with Crippen LogP contribution in [0.5, 0.6) is 0 Å². The van der Waals surface area contributed by atoms with Crippen LogP contribution in [-0.4, -0.2) is 55.5 Å². The molecule has 6 nitrogen and oxygen atoms in total. The lowest BCUT2D eigenvalue weighted by molar-refractivity contribution is -0.121. The fraction of sp³-hybridized carbons (Fsp3) is 0.684. The first-order chi connectivity index (χ1) is 12.6. The Morgan fingerprint density at radius 3 is 2.63 bits per heavy atom. The Morgan fingerprint density at radius 2 is 2.04 bits per heavy atom. The zero-order valence-corrected chi connectivity index (χ0v) is 19.8. The van der Waals surface area contributed by atoms with E-state index >= 15 is 0 Å². The lowest BCUT2D eigenvalue weighted by Crippen LogP contribution is -2.40. The molecule has 2 heterocycles. The van der Waals surface area contributed by atoms with E-state index in [9.17, 15) is 4.79 Å². The van der Waals surface area contributed by atoms with Crippen LogP contribution in [0.1, 0.15) is 51.0 Å². The van der Waals surface area contributed by atoms with Crippen molar-refractivity contribution in [2.75, 3.05) is 32.7 Å². The number of aliphatic imine (C=N–C) groups is 1. The van der Waals surface area contributed by atoms with Gasteiger partial charge in [-0.3, -0.25) is 14.7 Å². The number of carbonyl (C=O) groups excluding carboxylic acids is 1. The molecule has 1 unspecified atom stereocenters. The molecule has 154 valence electrons. The predicted octanol–water partition coefficient (Wildman–Crippen LogP) is 2.97. The van der Waals surface area contributed by atoms with Crippen LogP contribution >= 0.6 is 35.3 Å². The van der Waals surface area contributed by atoms with Gasteiger partial charge in [0.1, 0.15) is 0 Å². The van der Waals surface area contributed by atoms with Crippen molar-refractivity contribution in [3.63, 3.8) is 0 Å². The Hall–Kier alpha value is -0.870. The van der Waals surface area contributed by atoms with E-state index in [1.807, 2.05) is 13.8 Å². The smallest absolute Gasteiger partial charge is 0.221 e. The second-order valence-electron chi connectivity index (χ2n) is 6.89. The fourth-order valence-corrected chi connectivity index (χ4v) is 3.98. The Balaban J connectivity index is 0.00000364. The molecule has 1 amide bonds. The highest BCUT2D eigenvalue weighted by Crippen LogP contribution is 2.28. The SMILES string of the molecule is CCNC(=NCC(c1cccs1)N1CCCC1)NCCC(=O)NC(C)C.I. The molecule has 1 atom stereocenters. The van der Waals surface area contributed by atoms with Gasteiger partial charge in [0.15, 0.2) is 5.96 Å². The molecule has 8 heteroatoms. The molecule has 0 bridgehead atoms. The zero-order chi connectivity index (χ0) is 18.8. The fourth-order valence-electron chi connectivity index (χ4n) is 3.13. The van der Waals surface area contributed by atoms with E-state index in [0.717, 1.165) is 32.1 Å². The van der Waals surface area contributed by atoms with E-state index in [1.165, 1.54) is 17.7 Å². The number of halogens is 1. The van der Waals surface area contributed by atoms with E-state index in [4.69, 9.17) is 4.99 Å². The van der Waals surface area contributed by atoms with Crippen LogP contribution in [-0.2, 0) is 4.79 Å². The van der Waals surface area contributed by atoms with Crippen LogP contribution in [0.4, 0.5) is 0 Å². The quantitative estimate of drug-likeness (QED) is 0.273. The van der Waals surface area contributed by atoms with Crippen LogP contribution in [0.2, 0.25) is 0 Å². The molecule has 27 heavy (non-hydrogen) atoms. The van der Waals surface area contributed by atoms with Gasteiger partial charge in [0.05, 0.1) is 12.6 Å². The number of guanidine groups is 1. The van der Waals surface area contributed by atoms with Gasteiger partial charge in [-0.1, -0.05) is 6.07 Å². The molecule has 0 spiro atoms.